The Morgan fingerprint density at radius 1 is 1.39 bits per heavy atom. The van der Waals surface area contributed by atoms with E-state index in [-0.39, 0.29) is 0 Å². The molecule has 0 spiro atoms. The van der Waals surface area contributed by atoms with E-state index in [1.165, 1.54) is 0 Å². The van der Waals surface area contributed by atoms with E-state index in [4.69, 9.17) is 15.4 Å². The second kappa shape index (κ2) is 4.36. The van der Waals surface area contributed by atoms with Crippen LogP contribution in [0.15, 0.2) is 16.7 Å². The van der Waals surface area contributed by atoms with Crippen molar-refractivity contribution in [3.8, 4) is 11.5 Å². The van der Waals surface area contributed by atoms with Crippen molar-refractivity contribution in [2.45, 2.75) is 13.8 Å². The maximum Gasteiger partial charge on any atom is 0.409 e. The van der Waals surface area contributed by atoms with Gasteiger partial charge in [0.1, 0.15) is 17.1 Å². The smallest absolute Gasteiger partial charge is 0.409 e. The topological polar surface area (TPSA) is 114 Å². The van der Waals surface area contributed by atoms with Crippen molar-refractivity contribution < 1.29 is 14.4 Å². The molecule has 2 rings (SSSR count). The lowest BCUT2D eigenvalue weighted by Crippen LogP contribution is -2.09. The number of hydrogen-bond donors (Lipinski definition) is 3. The molecule has 2 heterocycles. The fraction of sp³-hybridized carbons (Fsp3) is 0.182. The number of carboxylic acid groups (broad SMARTS) is 1. The quantitative estimate of drug-likeness (QED) is 0.749. The minimum Gasteiger partial charge on any atom is -0.465 e. The van der Waals surface area contributed by atoms with E-state index >= 15 is 0 Å². The molecular formula is C11H12N4O3. The van der Waals surface area contributed by atoms with Crippen molar-refractivity contribution in [2.75, 3.05) is 11.1 Å². The SMILES string of the molecule is Cc1nc(-c2onc(C)c2N)ccc1NC(=O)O. The van der Waals surface area contributed by atoms with Crippen LogP contribution in [0.1, 0.15) is 11.4 Å². The molecule has 0 aromatic carbocycles. The van der Waals surface area contributed by atoms with Crippen molar-refractivity contribution in [3.05, 3.63) is 23.5 Å². The minimum atomic E-state index is -1.14. The van der Waals surface area contributed by atoms with Crippen LogP contribution in [-0.4, -0.2) is 21.3 Å². The average Bonchev–Trinajstić information content (AvgIpc) is 2.62. The number of amides is 1. The summed E-state index contributed by atoms with van der Waals surface area (Å²) in [5.74, 6) is 0.387. The Morgan fingerprint density at radius 2 is 2.11 bits per heavy atom. The number of aromatic nitrogens is 2. The van der Waals surface area contributed by atoms with Gasteiger partial charge in [-0.2, -0.15) is 0 Å². The van der Waals surface area contributed by atoms with Crippen LogP contribution >= 0.6 is 0 Å². The maximum atomic E-state index is 10.5. The number of nitrogens with two attached hydrogens (primary N) is 1. The molecule has 0 unspecified atom stereocenters. The third kappa shape index (κ3) is 2.10. The largest absolute Gasteiger partial charge is 0.465 e. The molecule has 2 aromatic rings. The van der Waals surface area contributed by atoms with Gasteiger partial charge < -0.3 is 15.4 Å². The number of pyridine rings is 1. The highest BCUT2D eigenvalue weighted by atomic mass is 16.5. The van der Waals surface area contributed by atoms with Crippen LogP contribution in [0.25, 0.3) is 11.5 Å². The summed E-state index contributed by atoms with van der Waals surface area (Å²) in [7, 11) is 0. The van der Waals surface area contributed by atoms with Crippen LogP contribution in [0.3, 0.4) is 0 Å². The molecular weight excluding hydrogens is 236 g/mol. The Labute approximate surface area is 103 Å². The lowest BCUT2D eigenvalue weighted by atomic mass is 10.2. The highest BCUT2D eigenvalue weighted by molar-refractivity contribution is 5.84. The molecule has 0 saturated carbocycles. The molecule has 4 N–H and O–H groups in total. The second-order valence-electron chi connectivity index (χ2n) is 3.77. The van der Waals surface area contributed by atoms with Gasteiger partial charge in [0.2, 0.25) is 5.76 Å². The number of aryl methyl sites for hydroxylation is 2. The zero-order valence-electron chi connectivity index (χ0n) is 9.89. The van der Waals surface area contributed by atoms with E-state index < -0.39 is 6.09 Å². The average molecular weight is 248 g/mol. The lowest BCUT2D eigenvalue weighted by molar-refractivity contribution is 0.209. The standard InChI is InChI=1S/C11H12N4O3/c1-5-7(14-11(16)17)3-4-8(13-5)10-9(12)6(2)15-18-10/h3-4,14H,12H2,1-2H3,(H,16,17). The number of nitrogen functional groups attached to an aromatic ring is 1. The second-order valence-corrected chi connectivity index (χ2v) is 3.77. The van der Waals surface area contributed by atoms with Crippen LogP contribution in [0, 0.1) is 13.8 Å². The number of rotatable bonds is 2. The Hall–Kier alpha value is -2.57. The molecule has 1 amide bonds. The third-order valence-electron chi connectivity index (χ3n) is 2.47. The number of hydrogen-bond acceptors (Lipinski definition) is 5. The zero-order chi connectivity index (χ0) is 13.3. The lowest BCUT2D eigenvalue weighted by Gasteiger charge is -2.05. The predicted molar refractivity (Wildman–Crippen MR) is 65.3 cm³/mol. The van der Waals surface area contributed by atoms with Gasteiger partial charge in [0.25, 0.3) is 0 Å². The number of carbonyl (C=O) groups is 1. The zero-order valence-corrected chi connectivity index (χ0v) is 9.89. The Bertz CT molecular complexity index is 606. The highest BCUT2D eigenvalue weighted by Gasteiger charge is 2.14. The molecule has 0 fully saturated rings. The highest BCUT2D eigenvalue weighted by Crippen LogP contribution is 2.28. The first-order valence-corrected chi connectivity index (χ1v) is 5.18. The minimum absolute atomic E-state index is 0.387. The normalized spacial score (nSPS) is 10.3. The summed E-state index contributed by atoms with van der Waals surface area (Å²) >= 11 is 0. The molecule has 0 aliphatic heterocycles. The summed E-state index contributed by atoms with van der Waals surface area (Å²) in [6.07, 6.45) is -1.14. The molecule has 0 aliphatic rings. The summed E-state index contributed by atoms with van der Waals surface area (Å²) < 4.78 is 5.08. The van der Waals surface area contributed by atoms with Gasteiger partial charge in [-0.25, -0.2) is 9.78 Å². The molecule has 0 aliphatic carbocycles. The first kappa shape index (κ1) is 11.9. The molecule has 2 aromatic heterocycles. The van der Waals surface area contributed by atoms with Gasteiger partial charge in [-0.3, -0.25) is 5.32 Å². The first-order valence-electron chi connectivity index (χ1n) is 5.18. The van der Waals surface area contributed by atoms with E-state index in [1.807, 2.05) is 0 Å². The third-order valence-corrected chi connectivity index (χ3v) is 2.47. The van der Waals surface area contributed by atoms with E-state index in [0.29, 0.717) is 34.2 Å². The molecule has 0 saturated heterocycles. The molecule has 0 radical (unpaired) electrons. The monoisotopic (exact) mass is 248 g/mol. The van der Waals surface area contributed by atoms with Gasteiger partial charge in [0, 0.05) is 0 Å². The summed E-state index contributed by atoms with van der Waals surface area (Å²) in [5, 5.41) is 14.6. The molecule has 0 bridgehead atoms. The van der Waals surface area contributed by atoms with Gasteiger partial charge in [-0.15, -0.1) is 0 Å². The molecule has 7 heteroatoms. The number of anilines is 2. The van der Waals surface area contributed by atoms with Gasteiger partial charge in [0.15, 0.2) is 0 Å². The van der Waals surface area contributed by atoms with Gasteiger partial charge in [-0.1, -0.05) is 5.16 Å². The van der Waals surface area contributed by atoms with Crippen LogP contribution in [0.2, 0.25) is 0 Å². The Balaban J connectivity index is 2.40. The molecule has 18 heavy (non-hydrogen) atoms. The van der Waals surface area contributed by atoms with Gasteiger partial charge >= 0.3 is 6.09 Å². The maximum absolute atomic E-state index is 10.5. The molecule has 94 valence electrons. The number of nitrogens with zero attached hydrogens (tertiary/aromatic N) is 2. The van der Waals surface area contributed by atoms with Crippen molar-refractivity contribution in [1.82, 2.24) is 10.1 Å². The summed E-state index contributed by atoms with van der Waals surface area (Å²) in [4.78, 5) is 14.8. The Morgan fingerprint density at radius 3 is 2.61 bits per heavy atom. The van der Waals surface area contributed by atoms with Crippen LogP contribution in [0.5, 0.6) is 0 Å². The van der Waals surface area contributed by atoms with Crippen LogP contribution < -0.4 is 11.1 Å². The van der Waals surface area contributed by atoms with Crippen molar-refractivity contribution in [3.63, 3.8) is 0 Å². The van der Waals surface area contributed by atoms with Crippen LogP contribution in [0.4, 0.5) is 16.2 Å². The van der Waals surface area contributed by atoms with Gasteiger partial charge in [-0.05, 0) is 26.0 Å². The molecule has 0 atom stereocenters. The fourth-order valence-corrected chi connectivity index (χ4v) is 1.50. The summed E-state index contributed by atoms with van der Waals surface area (Å²) in [6, 6.07) is 3.22. The van der Waals surface area contributed by atoms with Gasteiger partial charge in [0.05, 0.1) is 11.4 Å². The van der Waals surface area contributed by atoms with Crippen LogP contribution in [-0.2, 0) is 0 Å². The van der Waals surface area contributed by atoms with E-state index in [1.54, 1.807) is 26.0 Å². The molecule has 7 nitrogen and oxygen atoms in total. The summed E-state index contributed by atoms with van der Waals surface area (Å²) in [6.45, 7) is 3.42. The Kier molecular flexibility index (Phi) is 2.88. The van der Waals surface area contributed by atoms with Crippen molar-refractivity contribution in [2.24, 2.45) is 0 Å². The van der Waals surface area contributed by atoms with E-state index in [9.17, 15) is 4.79 Å². The van der Waals surface area contributed by atoms with Crippen molar-refractivity contribution >= 4 is 17.5 Å². The summed E-state index contributed by atoms with van der Waals surface area (Å²) in [5.41, 5.74) is 8.29. The van der Waals surface area contributed by atoms with Crippen molar-refractivity contribution in [1.29, 1.82) is 0 Å². The number of nitrogens with one attached hydrogen (secondary N) is 1. The van der Waals surface area contributed by atoms with E-state index in [2.05, 4.69) is 15.5 Å². The fourth-order valence-electron chi connectivity index (χ4n) is 1.50. The predicted octanol–water partition coefficient (Wildman–Crippen LogP) is 2.03. The van der Waals surface area contributed by atoms with E-state index in [0.717, 1.165) is 0 Å². The first-order chi connectivity index (χ1) is 8.49.